The number of aliphatic imine (C=N–C) groups is 1. The first-order valence-corrected chi connectivity index (χ1v) is 8.80. The summed E-state index contributed by atoms with van der Waals surface area (Å²) >= 11 is 5.21. The van der Waals surface area contributed by atoms with Crippen molar-refractivity contribution in [3.63, 3.8) is 0 Å². The molecule has 0 aliphatic heterocycles. The number of pyridine rings is 1. The summed E-state index contributed by atoms with van der Waals surface area (Å²) in [7, 11) is 1.99. The molecule has 1 atom stereocenters. The predicted octanol–water partition coefficient (Wildman–Crippen LogP) is 4.97. The van der Waals surface area contributed by atoms with E-state index in [1.165, 1.54) is 4.88 Å². The first kappa shape index (κ1) is 17.0. The Morgan fingerprint density at radius 1 is 1.55 bits per heavy atom. The molecule has 4 nitrogen and oxygen atoms in total. The van der Waals surface area contributed by atoms with E-state index in [0.29, 0.717) is 5.88 Å². The van der Waals surface area contributed by atoms with E-state index in [9.17, 15) is 0 Å². The average molecular weight is 382 g/mol. The quantitative estimate of drug-likeness (QED) is 0.523. The van der Waals surface area contributed by atoms with Gasteiger partial charge in [0.1, 0.15) is 6.10 Å². The van der Waals surface area contributed by atoms with Crippen molar-refractivity contribution in [2.75, 3.05) is 13.6 Å². The fraction of sp³-hybridized carbons (Fsp3) is 0.375. The van der Waals surface area contributed by atoms with E-state index in [-0.39, 0.29) is 6.10 Å². The lowest BCUT2D eigenvalue weighted by Gasteiger charge is -2.15. The van der Waals surface area contributed by atoms with Crippen LogP contribution in [0.2, 0.25) is 0 Å². The molecule has 0 fully saturated rings. The lowest BCUT2D eigenvalue weighted by molar-refractivity contribution is 0.219. The lowest BCUT2D eigenvalue weighted by Crippen LogP contribution is -2.14. The summed E-state index contributed by atoms with van der Waals surface area (Å²) in [5.41, 5.74) is 1.68. The molecule has 2 aromatic rings. The van der Waals surface area contributed by atoms with E-state index in [1.54, 1.807) is 11.3 Å². The molecule has 1 unspecified atom stereocenters. The van der Waals surface area contributed by atoms with Crippen LogP contribution in [0.15, 0.2) is 33.0 Å². The molecule has 0 aliphatic rings. The van der Waals surface area contributed by atoms with Gasteiger partial charge in [-0.15, -0.1) is 11.3 Å². The number of hydrogen-bond acceptors (Lipinski definition) is 4. The standard InChI is InChI=1S/C16H20BrN3OS/c1-5-20(4)10-18-14-9-13(17)16(19-11(14)2)21-12(3)15-7-6-8-22-15/h6-10,12H,5H2,1-4H3. The third kappa shape index (κ3) is 4.30. The number of nitrogens with zero attached hydrogens (tertiary/aromatic N) is 3. The van der Waals surface area contributed by atoms with Crippen LogP contribution in [0.25, 0.3) is 0 Å². The monoisotopic (exact) mass is 381 g/mol. The maximum Gasteiger partial charge on any atom is 0.228 e. The number of halogens is 1. The second kappa shape index (κ2) is 7.74. The van der Waals surface area contributed by atoms with Crippen molar-refractivity contribution in [3.8, 4) is 5.88 Å². The Hall–Kier alpha value is -1.40. The highest BCUT2D eigenvalue weighted by Gasteiger charge is 2.13. The van der Waals surface area contributed by atoms with Crippen LogP contribution in [0.1, 0.15) is 30.5 Å². The van der Waals surface area contributed by atoms with Gasteiger partial charge in [-0.05, 0) is 54.2 Å². The molecular formula is C16H20BrN3OS. The van der Waals surface area contributed by atoms with Gasteiger partial charge in [0.2, 0.25) is 5.88 Å². The fourth-order valence-electron chi connectivity index (χ4n) is 1.75. The van der Waals surface area contributed by atoms with Crippen LogP contribution in [0, 0.1) is 6.92 Å². The topological polar surface area (TPSA) is 37.7 Å². The van der Waals surface area contributed by atoms with Gasteiger partial charge >= 0.3 is 0 Å². The van der Waals surface area contributed by atoms with Crippen molar-refractivity contribution in [1.82, 2.24) is 9.88 Å². The highest BCUT2D eigenvalue weighted by molar-refractivity contribution is 9.10. The maximum atomic E-state index is 5.96. The van der Waals surface area contributed by atoms with Gasteiger partial charge in [-0.2, -0.15) is 0 Å². The molecule has 0 saturated heterocycles. The number of ether oxygens (including phenoxy) is 1. The van der Waals surface area contributed by atoms with Crippen LogP contribution in [0.4, 0.5) is 5.69 Å². The first-order chi connectivity index (χ1) is 10.5. The van der Waals surface area contributed by atoms with Crippen LogP contribution < -0.4 is 4.74 Å². The summed E-state index contributed by atoms with van der Waals surface area (Å²) in [6, 6.07) is 6.03. The number of aryl methyl sites for hydroxylation is 1. The molecule has 0 aliphatic carbocycles. The molecule has 0 spiro atoms. The van der Waals surface area contributed by atoms with Crippen molar-refractivity contribution < 1.29 is 4.74 Å². The first-order valence-electron chi connectivity index (χ1n) is 7.13. The smallest absolute Gasteiger partial charge is 0.228 e. The Bertz CT molecular complexity index is 643. The second-order valence-electron chi connectivity index (χ2n) is 4.97. The van der Waals surface area contributed by atoms with E-state index in [4.69, 9.17) is 4.74 Å². The molecule has 0 aromatic carbocycles. The summed E-state index contributed by atoms with van der Waals surface area (Å²) in [5.74, 6) is 0.598. The average Bonchev–Trinajstić information content (AvgIpc) is 3.03. The van der Waals surface area contributed by atoms with Crippen molar-refractivity contribution >= 4 is 39.3 Å². The third-order valence-corrected chi connectivity index (χ3v) is 4.83. The molecule has 2 rings (SSSR count). The van der Waals surface area contributed by atoms with Gasteiger partial charge in [-0.25, -0.2) is 9.98 Å². The molecule has 2 heterocycles. The molecule has 22 heavy (non-hydrogen) atoms. The van der Waals surface area contributed by atoms with Gasteiger partial charge < -0.3 is 9.64 Å². The molecule has 0 bridgehead atoms. The second-order valence-corrected chi connectivity index (χ2v) is 6.81. The van der Waals surface area contributed by atoms with Gasteiger partial charge in [0.15, 0.2) is 0 Å². The number of hydrogen-bond donors (Lipinski definition) is 0. The number of thiophene rings is 1. The normalized spacial score (nSPS) is 12.6. The molecule has 0 N–H and O–H groups in total. The summed E-state index contributed by atoms with van der Waals surface area (Å²) in [6.45, 7) is 6.96. The van der Waals surface area contributed by atoms with Gasteiger partial charge in [-0.1, -0.05) is 6.07 Å². The summed E-state index contributed by atoms with van der Waals surface area (Å²) in [5, 5.41) is 2.05. The zero-order chi connectivity index (χ0) is 16.1. The Labute approximate surface area is 144 Å². The summed E-state index contributed by atoms with van der Waals surface area (Å²) in [6.07, 6.45) is 1.79. The SMILES string of the molecule is CCN(C)C=Nc1cc(Br)c(OC(C)c2cccs2)nc1C. The van der Waals surface area contributed by atoms with Crippen molar-refractivity contribution in [2.24, 2.45) is 4.99 Å². The molecule has 0 radical (unpaired) electrons. The largest absolute Gasteiger partial charge is 0.468 e. The molecule has 118 valence electrons. The zero-order valence-corrected chi connectivity index (χ0v) is 15.6. The minimum absolute atomic E-state index is 0.0243. The summed E-state index contributed by atoms with van der Waals surface area (Å²) < 4.78 is 6.78. The van der Waals surface area contributed by atoms with Gasteiger partial charge in [0, 0.05) is 18.5 Å². The summed E-state index contributed by atoms with van der Waals surface area (Å²) in [4.78, 5) is 12.2. The highest BCUT2D eigenvalue weighted by Crippen LogP contribution is 2.33. The minimum atomic E-state index is -0.0243. The fourth-order valence-corrected chi connectivity index (χ4v) is 2.86. The zero-order valence-electron chi connectivity index (χ0n) is 13.2. The Morgan fingerprint density at radius 2 is 2.32 bits per heavy atom. The van der Waals surface area contributed by atoms with Crippen LogP contribution in [0.5, 0.6) is 5.88 Å². The number of aromatic nitrogens is 1. The van der Waals surface area contributed by atoms with Crippen molar-refractivity contribution in [1.29, 1.82) is 0 Å². The van der Waals surface area contributed by atoms with Crippen LogP contribution >= 0.6 is 27.3 Å². The Balaban J connectivity index is 2.17. The van der Waals surface area contributed by atoms with Crippen LogP contribution in [-0.2, 0) is 0 Å². The van der Waals surface area contributed by atoms with E-state index < -0.39 is 0 Å². The van der Waals surface area contributed by atoms with Gasteiger partial charge in [0.25, 0.3) is 0 Å². The van der Waals surface area contributed by atoms with Gasteiger partial charge in [-0.3, -0.25) is 0 Å². The predicted molar refractivity (Wildman–Crippen MR) is 96.5 cm³/mol. The maximum absolute atomic E-state index is 5.96. The molecular weight excluding hydrogens is 362 g/mol. The van der Waals surface area contributed by atoms with E-state index in [2.05, 4.69) is 38.9 Å². The van der Waals surface area contributed by atoms with E-state index in [0.717, 1.165) is 22.4 Å². The van der Waals surface area contributed by atoms with Crippen molar-refractivity contribution in [3.05, 3.63) is 38.6 Å². The molecule has 0 amide bonds. The minimum Gasteiger partial charge on any atom is -0.468 e. The van der Waals surface area contributed by atoms with Crippen molar-refractivity contribution in [2.45, 2.75) is 26.9 Å². The third-order valence-electron chi connectivity index (χ3n) is 3.23. The highest BCUT2D eigenvalue weighted by atomic mass is 79.9. The van der Waals surface area contributed by atoms with E-state index in [1.807, 2.05) is 49.6 Å². The number of rotatable bonds is 6. The molecule has 2 aromatic heterocycles. The Morgan fingerprint density at radius 3 is 2.95 bits per heavy atom. The Kier molecular flexibility index (Phi) is 5.97. The molecule has 0 saturated carbocycles. The van der Waals surface area contributed by atoms with E-state index >= 15 is 0 Å². The molecule has 6 heteroatoms. The van der Waals surface area contributed by atoms with Crippen LogP contribution in [0.3, 0.4) is 0 Å². The van der Waals surface area contributed by atoms with Crippen LogP contribution in [-0.4, -0.2) is 29.8 Å². The van der Waals surface area contributed by atoms with Gasteiger partial charge in [0.05, 0.1) is 22.2 Å². The lowest BCUT2D eigenvalue weighted by atomic mass is 10.3.